The number of carboxylic acid groups (broad SMARTS) is 1. The Hall–Kier alpha value is -1.06. The summed E-state index contributed by atoms with van der Waals surface area (Å²) < 4.78 is 0. The molecule has 4 nitrogen and oxygen atoms in total. The molecule has 4 heteroatoms. The summed E-state index contributed by atoms with van der Waals surface area (Å²) in [6, 6.07) is 0. The van der Waals surface area contributed by atoms with Gasteiger partial charge in [-0.1, -0.05) is 0 Å². The van der Waals surface area contributed by atoms with Gasteiger partial charge in [-0.3, -0.25) is 9.59 Å². The first-order chi connectivity index (χ1) is 4.61. The Labute approximate surface area is 58.4 Å². The SMILES string of the molecule is CC(=O)N1CC(C(=O)O)C1. The molecule has 1 aliphatic rings. The summed E-state index contributed by atoms with van der Waals surface area (Å²) in [5, 5.41) is 8.39. The first kappa shape index (κ1) is 7.05. The number of carboxylic acids is 1. The number of aliphatic carboxylic acids is 1. The fraction of sp³-hybridized carbons (Fsp3) is 0.667. The van der Waals surface area contributed by atoms with Gasteiger partial charge in [-0.25, -0.2) is 0 Å². The maximum absolute atomic E-state index is 10.5. The number of carbonyl (C=O) groups excluding carboxylic acids is 1. The Bertz CT molecular complexity index is 154. The van der Waals surface area contributed by atoms with Gasteiger partial charge < -0.3 is 10.0 Å². The Morgan fingerprint density at radius 1 is 1.50 bits per heavy atom. The maximum Gasteiger partial charge on any atom is 0.310 e. The largest absolute Gasteiger partial charge is 0.481 e. The molecule has 0 aromatic carbocycles. The summed E-state index contributed by atoms with van der Waals surface area (Å²) in [6.45, 7) is 2.20. The van der Waals surface area contributed by atoms with Gasteiger partial charge in [-0.05, 0) is 0 Å². The van der Waals surface area contributed by atoms with Crippen LogP contribution in [-0.4, -0.2) is 35.0 Å². The second kappa shape index (κ2) is 2.28. The van der Waals surface area contributed by atoms with E-state index >= 15 is 0 Å². The van der Waals surface area contributed by atoms with Crippen LogP contribution in [0.3, 0.4) is 0 Å². The van der Waals surface area contributed by atoms with Gasteiger partial charge in [-0.2, -0.15) is 0 Å². The minimum absolute atomic E-state index is 0.0440. The number of amides is 1. The average molecular weight is 143 g/mol. The highest BCUT2D eigenvalue weighted by molar-refractivity contribution is 5.79. The lowest BCUT2D eigenvalue weighted by Gasteiger charge is -2.35. The second-order valence-electron chi connectivity index (χ2n) is 2.46. The zero-order valence-corrected chi connectivity index (χ0v) is 5.70. The molecule has 1 rings (SSSR count). The molecule has 56 valence electrons. The predicted octanol–water partition coefficient (Wildman–Crippen LogP) is -0.451. The van der Waals surface area contributed by atoms with Crippen LogP contribution in [0.15, 0.2) is 0 Å². The van der Waals surface area contributed by atoms with Crippen molar-refractivity contribution in [2.45, 2.75) is 6.92 Å². The van der Waals surface area contributed by atoms with E-state index < -0.39 is 5.97 Å². The molecule has 0 unspecified atom stereocenters. The highest BCUT2D eigenvalue weighted by atomic mass is 16.4. The van der Waals surface area contributed by atoms with Gasteiger partial charge in [0, 0.05) is 20.0 Å². The Morgan fingerprint density at radius 3 is 2.30 bits per heavy atom. The molecule has 1 saturated heterocycles. The molecule has 0 atom stereocenters. The standard InChI is InChI=1S/C6H9NO3/c1-4(8)7-2-5(3-7)6(9)10/h5H,2-3H2,1H3,(H,9,10). The van der Waals surface area contributed by atoms with Crippen molar-refractivity contribution >= 4 is 11.9 Å². The molecule has 1 heterocycles. The van der Waals surface area contributed by atoms with Crippen molar-refractivity contribution in [2.24, 2.45) is 5.92 Å². The number of nitrogens with zero attached hydrogens (tertiary/aromatic N) is 1. The molecule has 1 amide bonds. The van der Waals surface area contributed by atoms with Gasteiger partial charge in [0.05, 0.1) is 5.92 Å². The van der Waals surface area contributed by atoms with E-state index in [4.69, 9.17) is 5.11 Å². The normalized spacial score (nSPS) is 18.3. The minimum Gasteiger partial charge on any atom is -0.481 e. The molecule has 0 radical (unpaired) electrons. The summed E-state index contributed by atoms with van der Waals surface area (Å²) in [4.78, 5) is 22.3. The van der Waals surface area contributed by atoms with E-state index in [2.05, 4.69) is 0 Å². The smallest absolute Gasteiger partial charge is 0.310 e. The fourth-order valence-corrected chi connectivity index (χ4v) is 0.892. The van der Waals surface area contributed by atoms with Crippen molar-refractivity contribution in [3.8, 4) is 0 Å². The number of hydrogen-bond acceptors (Lipinski definition) is 2. The first-order valence-electron chi connectivity index (χ1n) is 3.09. The van der Waals surface area contributed by atoms with Crippen LogP contribution in [0.1, 0.15) is 6.92 Å². The lowest BCUT2D eigenvalue weighted by molar-refractivity contribution is -0.151. The van der Waals surface area contributed by atoms with Gasteiger partial charge in [0.15, 0.2) is 0 Å². The average Bonchev–Trinajstić information content (AvgIpc) is 1.56. The van der Waals surface area contributed by atoms with Crippen LogP contribution >= 0.6 is 0 Å². The van der Waals surface area contributed by atoms with E-state index in [1.165, 1.54) is 11.8 Å². The zero-order valence-electron chi connectivity index (χ0n) is 5.70. The summed E-state index contributed by atoms with van der Waals surface area (Å²) in [5.74, 6) is -1.18. The summed E-state index contributed by atoms with van der Waals surface area (Å²) in [5.41, 5.74) is 0. The van der Waals surface area contributed by atoms with E-state index in [-0.39, 0.29) is 11.8 Å². The molecule has 0 aromatic heterocycles. The molecular formula is C6H9NO3. The zero-order chi connectivity index (χ0) is 7.72. The molecule has 1 N–H and O–H groups in total. The van der Waals surface area contributed by atoms with E-state index in [1.807, 2.05) is 0 Å². The lowest BCUT2D eigenvalue weighted by atomic mass is 10.0. The van der Waals surface area contributed by atoms with Crippen molar-refractivity contribution in [1.82, 2.24) is 4.90 Å². The van der Waals surface area contributed by atoms with Crippen molar-refractivity contribution < 1.29 is 14.7 Å². The van der Waals surface area contributed by atoms with E-state index in [0.29, 0.717) is 13.1 Å². The van der Waals surface area contributed by atoms with Crippen LogP contribution in [0.4, 0.5) is 0 Å². The van der Waals surface area contributed by atoms with E-state index in [1.54, 1.807) is 0 Å². The summed E-state index contributed by atoms with van der Waals surface area (Å²) in [6.07, 6.45) is 0. The number of hydrogen-bond donors (Lipinski definition) is 1. The van der Waals surface area contributed by atoms with Gasteiger partial charge in [0.1, 0.15) is 0 Å². The molecule has 0 spiro atoms. The number of likely N-dealkylation sites (tertiary alicyclic amines) is 1. The maximum atomic E-state index is 10.5. The molecule has 1 fully saturated rings. The highest BCUT2D eigenvalue weighted by Crippen LogP contribution is 2.14. The van der Waals surface area contributed by atoms with Crippen molar-refractivity contribution in [1.29, 1.82) is 0 Å². The van der Waals surface area contributed by atoms with Crippen LogP contribution in [0.2, 0.25) is 0 Å². The third kappa shape index (κ3) is 1.10. The fourth-order valence-electron chi connectivity index (χ4n) is 0.892. The number of carbonyl (C=O) groups is 2. The van der Waals surface area contributed by atoms with Crippen molar-refractivity contribution in [2.75, 3.05) is 13.1 Å². The topological polar surface area (TPSA) is 57.6 Å². The van der Waals surface area contributed by atoms with Crippen LogP contribution in [0, 0.1) is 5.92 Å². The minimum atomic E-state index is -0.808. The predicted molar refractivity (Wildman–Crippen MR) is 33.4 cm³/mol. The van der Waals surface area contributed by atoms with E-state index in [9.17, 15) is 9.59 Å². The van der Waals surface area contributed by atoms with Crippen LogP contribution in [-0.2, 0) is 9.59 Å². The van der Waals surface area contributed by atoms with Crippen molar-refractivity contribution in [3.63, 3.8) is 0 Å². The summed E-state index contributed by atoms with van der Waals surface area (Å²) in [7, 11) is 0. The van der Waals surface area contributed by atoms with Crippen LogP contribution in [0.5, 0.6) is 0 Å². The quantitative estimate of drug-likeness (QED) is 0.540. The van der Waals surface area contributed by atoms with Gasteiger partial charge in [-0.15, -0.1) is 0 Å². The van der Waals surface area contributed by atoms with Crippen LogP contribution < -0.4 is 0 Å². The molecular weight excluding hydrogens is 134 g/mol. The second-order valence-corrected chi connectivity index (χ2v) is 2.46. The third-order valence-corrected chi connectivity index (χ3v) is 1.68. The lowest BCUT2D eigenvalue weighted by Crippen LogP contribution is -2.52. The monoisotopic (exact) mass is 143 g/mol. The molecule has 10 heavy (non-hydrogen) atoms. The van der Waals surface area contributed by atoms with Gasteiger partial charge in [0.2, 0.25) is 5.91 Å². The third-order valence-electron chi connectivity index (χ3n) is 1.68. The molecule has 1 aliphatic heterocycles. The Morgan fingerprint density at radius 2 is 2.00 bits per heavy atom. The highest BCUT2D eigenvalue weighted by Gasteiger charge is 2.33. The van der Waals surface area contributed by atoms with Gasteiger partial charge >= 0.3 is 5.97 Å². The van der Waals surface area contributed by atoms with Crippen molar-refractivity contribution in [3.05, 3.63) is 0 Å². The van der Waals surface area contributed by atoms with E-state index in [0.717, 1.165) is 0 Å². The Balaban J connectivity index is 2.31. The Kier molecular flexibility index (Phi) is 1.61. The number of rotatable bonds is 1. The molecule has 0 saturated carbocycles. The molecule has 0 aliphatic carbocycles. The molecule has 0 aromatic rings. The van der Waals surface area contributed by atoms with Crippen LogP contribution in [0.25, 0.3) is 0 Å². The first-order valence-corrected chi connectivity index (χ1v) is 3.09. The summed E-state index contributed by atoms with van der Waals surface area (Å²) >= 11 is 0. The van der Waals surface area contributed by atoms with Gasteiger partial charge in [0.25, 0.3) is 0 Å². The molecule has 0 bridgehead atoms.